The minimum absolute atomic E-state index is 0.00740. The van der Waals surface area contributed by atoms with Crippen LogP contribution in [0, 0.1) is 5.82 Å². The monoisotopic (exact) mass is 520 g/mol. The Morgan fingerprint density at radius 2 is 2.03 bits per heavy atom. The number of aliphatic hydroxyl groups is 1. The van der Waals surface area contributed by atoms with Crippen LogP contribution >= 0.6 is 11.6 Å². The Morgan fingerprint density at radius 1 is 1.28 bits per heavy atom. The van der Waals surface area contributed by atoms with Gasteiger partial charge in [-0.05, 0) is 45.4 Å². The van der Waals surface area contributed by atoms with Gasteiger partial charge in [0.25, 0.3) is 0 Å². The number of aliphatic hydroxyl groups excluding tert-OH is 1. The van der Waals surface area contributed by atoms with Gasteiger partial charge < -0.3 is 30.5 Å². The van der Waals surface area contributed by atoms with Gasteiger partial charge in [0.1, 0.15) is 22.3 Å². The topological polar surface area (TPSA) is 141 Å². The van der Waals surface area contributed by atoms with Crippen LogP contribution in [0.2, 0.25) is 5.02 Å². The summed E-state index contributed by atoms with van der Waals surface area (Å²) in [6.45, 7) is 5.37. The maximum absolute atomic E-state index is 13.6. The second-order valence-electron chi connectivity index (χ2n) is 9.40. The average molecular weight is 521 g/mol. The number of hydrogen-bond donors (Lipinski definition) is 4. The Balaban J connectivity index is 1.75. The van der Waals surface area contributed by atoms with Gasteiger partial charge in [-0.2, -0.15) is 0 Å². The number of hydrogen-bond acceptors (Lipinski definition) is 8. The molecule has 2 aromatic heterocycles. The molecule has 0 aliphatic carbocycles. The van der Waals surface area contributed by atoms with E-state index in [1.807, 2.05) is 0 Å². The number of benzene rings is 1. The molecule has 3 aromatic rings. The average Bonchev–Trinajstić information content (AvgIpc) is 3.08. The molecule has 4 rings (SSSR count). The summed E-state index contributed by atoms with van der Waals surface area (Å²) in [7, 11) is 0. The van der Waals surface area contributed by atoms with Crippen LogP contribution in [0.1, 0.15) is 37.7 Å². The maximum Gasteiger partial charge on any atom is 0.407 e. The second kappa shape index (κ2) is 9.78. The van der Waals surface area contributed by atoms with Gasteiger partial charge in [-0.1, -0.05) is 17.7 Å². The second-order valence-corrected chi connectivity index (χ2v) is 9.78. The minimum atomic E-state index is -1.10. The SMILES string of the molecule is CC(C)(C)OC(=O)c1cc(N[C@H]2CN(C(=O)O)CC[C@@H]2O)nc2c(Cl)c(Nc3cccc(F)c3)nn12. The number of nitrogens with one attached hydrogen (secondary N) is 2. The molecule has 0 saturated carbocycles. The standard InChI is InChI=1S/C23H26ClFN6O5/c1-23(2,3)36-21(33)15-10-17(27-14-11-30(22(34)35)8-7-16(14)32)28-20-18(24)19(29-31(15)20)26-13-6-4-5-12(25)9-13/h4-6,9-10,14,16,32H,7-8,11H2,1-3H3,(H,26,29)(H,27,28)(H,34,35)/t14-,16-/m0/s1. The molecular formula is C23H26ClFN6O5. The first-order chi connectivity index (χ1) is 16.9. The van der Waals surface area contributed by atoms with Crippen molar-refractivity contribution in [1.82, 2.24) is 19.5 Å². The van der Waals surface area contributed by atoms with Crippen molar-refractivity contribution in [3.8, 4) is 0 Å². The van der Waals surface area contributed by atoms with E-state index < -0.39 is 35.6 Å². The van der Waals surface area contributed by atoms with E-state index in [0.29, 0.717) is 5.69 Å². The van der Waals surface area contributed by atoms with E-state index in [4.69, 9.17) is 16.3 Å². The highest BCUT2D eigenvalue weighted by Gasteiger charge is 2.31. The smallest absolute Gasteiger partial charge is 0.407 e. The van der Waals surface area contributed by atoms with Gasteiger partial charge in [0.15, 0.2) is 17.2 Å². The number of carbonyl (C=O) groups is 2. The van der Waals surface area contributed by atoms with Gasteiger partial charge in [-0.15, -0.1) is 5.10 Å². The lowest BCUT2D eigenvalue weighted by atomic mass is 10.0. The maximum atomic E-state index is 13.6. The van der Waals surface area contributed by atoms with Crippen LogP contribution in [-0.2, 0) is 4.74 Å². The van der Waals surface area contributed by atoms with E-state index >= 15 is 0 Å². The summed E-state index contributed by atoms with van der Waals surface area (Å²) in [4.78, 5) is 30.1. The van der Waals surface area contributed by atoms with Gasteiger partial charge in [0.05, 0.1) is 12.1 Å². The summed E-state index contributed by atoms with van der Waals surface area (Å²) in [5.74, 6) is -0.864. The Morgan fingerprint density at radius 3 is 2.69 bits per heavy atom. The number of piperidine rings is 1. The number of esters is 1. The lowest BCUT2D eigenvalue weighted by molar-refractivity contribution is 0.00596. The van der Waals surface area contributed by atoms with Crippen molar-refractivity contribution in [2.75, 3.05) is 23.7 Å². The number of ether oxygens (including phenoxy) is 1. The number of rotatable bonds is 5. The molecule has 1 amide bonds. The number of amides is 1. The van der Waals surface area contributed by atoms with Crippen molar-refractivity contribution in [1.29, 1.82) is 0 Å². The third-order valence-electron chi connectivity index (χ3n) is 5.41. The zero-order chi connectivity index (χ0) is 26.2. The van der Waals surface area contributed by atoms with E-state index in [1.165, 1.54) is 33.7 Å². The molecule has 1 fully saturated rings. The van der Waals surface area contributed by atoms with Crippen molar-refractivity contribution in [3.63, 3.8) is 0 Å². The summed E-state index contributed by atoms with van der Waals surface area (Å²) >= 11 is 6.55. The molecule has 11 nitrogen and oxygen atoms in total. The number of anilines is 3. The van der Waals surface area contributed by atoms with Crippen molar-refractivity contribution in [2.45, 2.75) is 44.9 Å². The molecule has 13 heteroatoms. The van der Waals surface area contributed by atoms with Crippen molar-refractivity contribution < 1.29 is 28.9 Å². The number of aromatic nitrogens is 3. The molecular weight excluding hydrogens is 495 g/mol. The normalized spacial score (nSPS) is 18.2. The third-order valence-corrected chi connectivity index (χ3v) is 5.76. The predicted octanol–water partition coefficient (Wildman–Crippen LogP) is 3.75. The molecule has 1 saturated heterocycles. The summed E-state index contributed by atoms with van der Waals surface area (Å²) < 4.78 is 20.4. The molecule has 4 N–H and O–H groups in total. The quantitative estimate of drug-likeness (QED) is 0.370. The fourth-order valence-corrected chi connectivity index (χ4v) is 3.98. The molecule has 1 aliphatic rings. The number of likely N-dealkylation sites (tertiary alicyclic amines) is 1. The van der Waals surface area contributed by atoms with Crippen LogP contribution in [0.3, 0.4) is 0 Å². The largest absolute Gasteiger partial charge is 0.465 e. The third kappa shape index (κ3) is 5.60. The molecule has 1 aliphatic heterocycles. The highest BCUT2D eigenvalue weighted by molar-refractivity contribution is 6.36. The molecule has 36 heavy (non-hydrogen) atoms. The van der Waals surface area contributed by atoms with E-state index in [9.17, 15) is 24.2 Å². The van der Waals surface area contributed by atoms with E-state index in [0.717, 1.165) is 0 Å². The number of carbonyl (C=O) groups excluding carboxylic acids is 1. The van der Waals surface area contributed by atoms with Gasteiger partial charge in [-0.3, -0.25) is 0 Å². The Hall–Kier alpha value is -3.64. The molecule has 0 spiro atoms. The van der Waals surface area contributed by atoms with Crippen molar-refractivity contribution in [3.05, 3.63) is 46.9 Å². The van der Waals surface area contributed by atoms with Crippen LogP contribution in [0.4, 0.5) is 26.5 Å². The van der Waals surface area contributed by atoms with Crippen LogP contribution in [-0.4, -0.2) is 72.6 Å². The van der Waals surface area contributed by atoms with Crippen LogP contribution in [0.25, 0.3) is 5.65 Å². The predicted molar refractivity (Wildman–Crippen MR) is 130 cm³/mol. The summed E-state index contributed by atoms with van der Waals surface area (Å²) in [6.07, 6.45) is -1.70. The van der Waals surface area contributed by atoms with Crippen LogP contribution in [0.5, 0.6) is 0 Å². The summed E-state index contributed by atoms with van der Waals surface area (Å²) in [5, 5.41) is 30.1. The molecule has 0 unspecified atom stereocenters. The molecule has 3 heterocycles. The first-order valence-electron chi connectivity index (χ1n) is 11.2. The van der Waals surface area contributed by atoms with E-state index in [-0.39, 0.29) is 47.5 Å². The number of fused-ring (bicyclic) bond motifs is 1. The lowest BCUT2D eigenvalue weighted by Crippen LogP contribution is -2.52. The first kappa shape index (κ1) is 25.5. The van der Waals surface area contributed by atoms with Crippen molar-refractivity contribution in [2.24, 2.45) is 0 Å². The van der Waals surface area contributed by atoms with Crippen LogP contribution < -0.4 is 10.6 Å². The molecule has 0 bridgehead atoms. The van der Waals surface area contributed by atoms with Gasteiger partial charge in [0.2, 0.25) is 0 Å². The molecule has 2 atom stereocenters. The Labute approximate surface area is 210 Å². The lowest BCUT2D eigenvalue weighted by Gasteiger charge is -2.35. The van der Waals surface area contributed by atoms with E-state index in [1.54, 1.807) is 26.8 Å². The summed E-state index contributed by atoms with van der Waals surface area (Å²) in [5.41, 5.74) is -0.327. The van der Waals surface area contributed by atoms with Crippen LogP contribution in [0.15, 0.2) is 30.3 Å². The fourth-order valence-electron chi connectivity index (χ4n) is 3.77. The fraction of sp³-hybridized carbons (Fsp3) is 0.391. The van der Waals surface area contributed by atoms with Gasteiger partial charge in [-0.25, -0.2) is 23.5 Å². The minimum Gasteiger partial charge on any atom is -0.465 e. The Kier molecular flexibility index (Phi) is 6.92. The molecule has 192 valence electrons. The molecule has 0 radical (unpaired) electrons. The first-order valence-corrected chi connectivity index (χ1v) is 11.6. The van der Waals surface area contributed by atoms with Gasteiger partial charge >= 0.3 is 12.1 Å². The zero-order valence-corrected chi connectivity index (χ0v) is 20.6. The number of carboxylic acid groups (broad SMARTS) is 1. The molecule has 1 aromatic carbocycles. The Bertz CT molecular complexity index is 1310. The highest BCUT2D eigenvalue weighted by Crippen LogP contribution is 2.31. The summed E-state index contributed by atoms with van der Waals surface area (Å²) in [6, 6.07) is 6.41. The van der Waals surface area contributed by atoms with Gasteiger partial charge in [0, 0.05) is 24.8 Å². The van der Waals surface area contributed by atoms with Crippen molar-refractivity contribution >= 4 is 46.6 Å². The van der Waals surface area contributed by atoms with E-state index in [2.05, 4.69) is 20.7 Å². The highest BCUT2D eigenvalue weighted by atomic mass is 35.5. The zero-order valence-electron chi connectivity index (χ0n) is 19.8. The number of halogens is 2. The number of nitrogens with zero attached hydrogens (tertiary/aromatic N) is 4.